The molecule has 0 aliphatic carbocycles. The molecular formula is C28H32F4N3OPS. The molecule has 0 bridgehead atoms. The Bertz CT molecular complexity index is 1330. The minimum absolute atomic E-state index is 0.162. The minimum Gasteiger partial charge on any atom is -0.495 e. The Balaban J connectivity index is 1.60. The molecule has 1 fully saturated rings. The first-order valence-corrected chi connectivity index (χ1v) is 15.4. The fourth-order valence-corrected chi connectivity index (χ4v) is 6.47. The second kappa shape index (κ2) is 12.1. The summed E-state index contributed by atoms with van der Waals surface area (Å²) in [5, 5.41) is 8.19. The van der Waals surface area contributed by atoms with E-state index in [4.69, 9.17) is 4.74 Å². The van der Waals surface area contributed by atoms with E-state index in [1.165, 1.54) is 16.6 Å². The third-order valence-corrected chi connectivity index (χ3v) is 9.06. The molecule has 2 atom stereocenters. The summed E-state index contributed by atoms with van der Waals surface area (Å²) in [5.74, 6) is 6.66. The third-order valence-electron chi connectivity index (χ3n) is 6.55. The molecule has 2 N–H and O–H groups in total. The fraction of sp³-hybridized carbons (Fsp3) is 0.429. The van der Waals surface area contributed by atoms with Crippen molar-refractivity contribution in [2.45, 2.75) is 31.2 Å². The number of piperidine rings is 1. The number of hydrogen-bond acceptors (Lipinski definition) is 5. The number of nitrogens with one attached hydrogen (secondary N) is 2. The van der Waals surface area contributed by atoms with Crippen molar-refractivity contribution in [2.24, 2.45) is 0 Å². The number of rotatable bonds is 7. The Morgan fingerprint density at radius 3 is 2.66 bits per heavy atom. The topological polar surface area (TPSA) is 36.5 Å². The van der Waals surface area contributed by atoms with Gasteiger partial charge in [0.2, 0.25) is 0 Å². The van der Waals surface area contributed by atoms with Gasteiger partial charge in [-0.05, 0) is 61.3 Å². The van der Waals surface area contributed by atoms with Crippen molar-refractivity contribution in [2.75, 3.05) is 57.8 Å². The van der Waals surface area contributed by atoms with Gasteiger partial charge in [-0.25, -0.2) is 4.39 Å². The maximum Gasteiger partial charge on any atom is 0.393 e. The summed E-state index contributed by atoms with van der Waals surface area (Å²) in [6.07, 6.45) is -5.88. The molecular weight excluding hydrogens is 533 g/mol. The van der Waals surface area contributed by atoms with Crippen LogP contribution in [-0.4, -0.2) is 70.4 Å². The highest BCUT2D eigenvalue weighted by Crippen LogP contribution is 2.39. The second-order valence-electron chi connectivity index (χ2n) is 9.64. The quantitative estimate of drug-likeness (QED) is 0.200. The van der Waals surface area contributed by atoms with E-state index in [0.717, 1.165) is 12.2 Å². The predicted molar refractivity (Wildman–Crippen MR) is 153 cm³/mol. The maximum atomic E-state index is 14.7. The van der Waals surface area contributed by atoms with Gasteiger partial charge in [-0.3, -0.25) is 0 Å². The number of benzene rings is 2. The first-order valence-electron chi connectivity index (χ1n) is 12.3. The smallest absolute Gasteiger partial charge is 0.393 e. The van der Waals surface area contributed by atoms with Gasteiger partial charge in [0.05, 0.1) is 47.1 Å². The van der Waals surface area contributed by atoms with Crippen LogP contribution in [0.3, 0.4) is 0 Å². The van der Waals surface area contributed by atoms with Crippen LogP contribution in [0.2, 0.25) is 0 Å². The first kappa shape index (κ1) is 28.5. The number of hydrogen-bond donors (Lipinski definition) is 2. The van der Waals surface area contributed by atoms with Crippen LogP contribution >= 0.6 is 19.3 Å². The van der Waals surface area contributed by atoms with Crippen LogP contribution in [0, 0.1) is 11.8 Å². The van der Waals surface area contributed by atoms with E-state index in [-0.39, 0.29) is 26.1 Å². The number of methoxy groups -OCH3 is 1. The lowest BCUT2D eigenvalue weighted by atomic mass is 10.0. The summed E-state index contributed by atoms with van der Waals surface area (Å²) in [4.78, 5) is 2.31. The third kappa shape index (κ3) is 6.91. The molecule has 4 rings (SSSR count). The maximum absolute atomic E-state index is 14.7. The molecule has 10 heteroatoms. The highest BCUT2D eigenvalue weighted by atomic mass is 32.1. The molecule has 38 heavy (non-hydrogen) atoms. The van der Waals surface area contributed by atoms with Gasteiger partial charge in [0.1, 0.15) is 11.9 Å². The van der Waals surface area contributed by atoms with Crippen LogP contribution in [0.15, 0.2) is 36.4 Å². The number of thiophene rings is 1. The van der Waals surface area contributed by atoms with Crippen molar-refractivity contribution in [3.05, 3.63) is 46.8 Å². The SMILES string of the molecule is COc1cc(P(C)C)ccc1NCC#Cc1sc2c(N[C@H]3CCN(C)C[C@H]3F)cccc2c1CC(F)(F)F. The summed E-state index contributed by atoms with van der Waals surface area (Å²) >= 11 is 1.22. The molecule has 1 saturated heterocycles. The van der Waals surface area contributed by atoms with E-state index >= 15 is 0 Å². The lowest BCUT2D eigenvalue weighted by Gasteiger charge is -2.33. The first-order chi connectivity index (χ1) is 18.1. The number of anilines is 2. The van der Waals surface area contributed by atoms with Gasteiger partial charge in [0.15, 0.2) is 0 Å². The summed E-state index contributed by atoms with van der Waals surface area (Å²) in [6, 6.07) is 10.8. The van der Waals surface area contributed by atoms with Gasteiger partial charge >= 0.3 is 6.18 Å². The van der Waals surface area contributed by atoms with Crippen molar-refractivity contribution in [3.8, 4) is 17.6 Å². The molecule has 0 radical (unpaired) electrons. The molecule has 4 nitrogen and oxygen atoms in total. The molecule has 3 aromatic rings. The molecule has 0 spiro atoms. The van der Waals surface area contributed by atoms with Crippen molar-refractivity contribution >= 4 is 46.0 Å². The Hall–Kier alpha value is -2.53. The molecule has 2 heterocycles. The van der Waals surface area contributed by atoms with Crippen molar-refractivity contribution in [3.63, 3.8) is 0 Å². The standard InChI is InChI=1S/C28H32F4N3OPS/c1-35-14-12-22(21(29)17-35)34-24-8-5-7-19-20(16-28(30,31)32)26(38-27(19)24)9-6-13-33-23-11-10-18(37(3)4)15-25(23)36-2/h5,7-8,10-11,15,21-22,33-34H,12-14,16-17H2,1-4H3/t21-,22+/m1/s1. The second-order valence-corrected chi connectivity index (χ2v) is 13.0. The van der Waals surface area contributed by atoms with Crippen LogP contribution in [0.5, 0.6) is 5.75 Å². The Morgan fingerprint density at radius 2 is 1.97 bits per heavy atom. The van der Waals surface area contributed by atoms with Gasteiger partial charge in [-0.1, -0.05) is 38.0 Å². The average Bonchev–Trinajstić information content (AvgIpc) is 3.20. The summed E-state index contributed by atoms with van der Waals surface area (Å²) in [7, 11) is 3.21. The molecule has 0 amide bonds. The number of fused-ring (bicyclic) bond motifs is 1. The van der Waals surface area contributed by atoms with E-state index in [1.54, 1.807) is 25.3 Å². The van der Waals surface area contributed by atoms with E-state index in [9.17, 15) is 17.6 Å². The number of halogens is 4. The lowest BCUT2D eigenvalue weighted by Crippen LogP contribution is -2.46. The molecule has 204 valence electrons. The monoisotopic (exact) mass is 565 g/mol. The van der Waals surface area contributed by atoms with E-state index in [2.05, 4.69) is 35.8 Å². The Labute approximate surface area is 226 Å². The van der Waals surface area contributed by atoms with Gasteiger partial charge in [0.25, 0.3) is 0 Å². The Kier molecular flexibility index (Phi) is 9.07. The van der Waals surface area contributed by atoms with E-state index in [1.807, 2.05) is 30.1 Å². The zero-order valence-corrected chi connectivity index (χ0v) is 23.6. The molecule has 2 aromatic carbocycles. The van der Waals surface area contributed by atoms with Crippen LogP contribution in [0.1, 0.15) is 16.9 Å². The zero-order valence-electron chi connectivity index (χ0n) is 21.9. The van der Waals surface area contributed by atoms with Crippen molar-refractivity contribution in [1.82, 2.24) is 4.90 Å². The van der Waals surface area contributed by atoms with Crippen LogP contribution in [0.4, 0.5) is 28.9 Å². The normalized spacial score (nSPS) is 18.3. The Morgan fingerprint density at radius 1 is 1.18 bits per heavy atom. The molecule has 1 aliphatic heterocycles. The molecule has 0 unspecified atom stereocenters. The highest BCUT2D eigenvalue weighted by Gasteiger charge is 2.32. The van der Waals surface area contributed by atoms with Gasteiger partial charge in [-0.15, -0.1) is 11.3 Å². The summed E-state index contributed by atoms with van der Waals surface area (Å²) in [5.41, 5.74) is 1.59. The van der Waals surface area contributed by atoms with Crippen molar-refractivity contribution < 1.29 is 22.3 Å². The number of ether oxygens (including phenoxy) is 1. The van der Waals surface area contributed by atoms with E-state index < -0.39 is 18.8 Å². The number of nitrogens with zero attached hydrogens (tertiary/aromatic N) is 1. The number of likely N-dealkylation sites (tertiary alicyclic amines) is 1. The molecule has 1 aliphatic rings. The van der Waals surface area contributed by atoms with Crippen LogP contribution in [-0.2, 0) is 6.42 Å². The zero-order chi connectivity index (χ0) is 27.4. The highest BCUT2D eigenvalue weighted by molar-refractivity contribution is 7.64. The summed E-state index contributed by atoms with van der Waals surface area (Å²) < 4.78 is 61.4. The van der Waals surface area contributed by atoms with Crippen LogP contribution in [0.25, 0.3) is 10.1 Å². The lowest BCUT2D eigenvalue weighted by molar-refractivity contribution is -0.126. The van der Waals surface area contributed by atoms with Gasteiger partial charge in [-0.2, -0.15) is 13.2 Å². The minimum atomic E-state index is -4.38. The van der Waals surface area contributed by atoms with Gasteiger partial charge in [0, 0.05) is 13.1 Å². The van der Waals surface area contributed by atoms with Crippen molar-refractivity contribution in [1.29, 1.82) is 0 Å². The van der Waals surface area contributed by atoms with E-state index in [0.29, 0.717) is 39.4 Å². The molecule has 0 saturated carbocycles. The largest absolute Gasteiger partial charge is 0.495 e. The predicted octanol–water partition coefficient (Wildman–Crippen LogP) is 6.30. The number of alkyl halides is 4. The average molecular weight is 566 g/mol. The summed E-state index contributed by atoms with van der Waals surface area (Å²) in [6.45, 7) is 5.65. The fourth-order valence-electron chi connectivity index (χ4n) is 4.55. The molecule has 1 aromatic heterocycles. The van der Waals surface area contributed by atoms with Crippen LogP contribution < -0.4 is 20.7 Å². The van der Waals surface area contributed by atoms with Gasteiger partial charge < -0.3 is 20.3 Å².